The zero-order valence-corrected chi connectivity index (χ0v) is 8.82. The second-order valence-corrected chi connectivity index (χ2v) is 4.61. The smallest absolute Gasteiger partial charge is 0.123 e. The molecule has 1 N–H and O–H groups in total. The first-order valence-corrected chi connectivity index (χ1v) is 6.05. The molecular weight excluding hydrogens is 197 g/mol. The van der Waals surface area contributed by atoms with Crippen molar-refractivity contribution in [2.45, 2.75) is 18.2 Å². The summed E-state index contributed by atoms with van der Waals surface area (Å²) in [6.07, 6.45) is 1.30. The van der Waals surface area contributed by atoms with Crippen LogP contribution in [0.15, 0.2) is 24.3 Å². The molecule has 0 aliphatic carbocycles. The van der Waals surface area contributed by atoms with Gasteiger partial charge in [-0.05, 0) is 30.7 Å². The zero-order valence-electron chi connectivity index (χ0n) is 8.00. The predicted octanol–water partition coefficient (Wildman–Crippen LogP) is 2.42. The highest BCUT2D eigenvalue weighted by Gasteiger charge is 2.15. The number of thioether (sulfide) groups is 1. The van der Waals surface area contributed by atoms with E-state index in [4.69, 9.17) is 0 Å². The first-order valence-electron chi connectivity index (χ1n) is 4.90. The van der Waals surface area contributed by atoms with Crippen LogP contribution < -0.4 is 5.32 Å². The molecular formula is C11H14FNS. The van der Waals surface area contributed by atoms with Crippen molar-refractivity contribution in [3.63, 3.8) is 0 Å². The molecule has 76 valence electrons. The van der Waals surface area contributed by atoms with E-state index in [0.717, 1.165) is 11.5 Å². The molecule has 0 amide bonds. The number of halogens is 1. The lowest BCUT2D eigenvalue weighted by atomic mass is 10.1. The maximum atomic E-state index is 12.6. The van der Waals surface area contributed by atoms with Gasteiger partial charge in [-0.3, -0.25) is 0 Å². The third-order valence-corrected chi connectivity index (χ3v) is 3.60. The quantitative estimate of drug-likeness (QED) is 0.821. The summed E-state index contributed by atoms with van der Waals surface area (Å²) in [5.74, 6) is 2.00. The van der Waals surface area contributed by atoms with Gasteiger partial charge in [0.2, 0.25) is 0 Å². The molecule has 2 rings (SSSR count). The van der Waals surface area contributed by atoms with Gasteiger partial charge in [-0.2, -0.15) is 11.8 Å². The first kappa shape index (κ1) is 9.99. The topological polar surface area (TPSA) is 12.0 Å². The maximum Gasteiger partial charge on any atom is 0.123 e. The van der Waals surface area contributed by atoms with Gasteiger partial charge in [-0.1, -0.05) is 12.1 Å². The first-order chi connectivity index (χ1) is 6.84. The average Bonchev–Trinajstić information content (AvgIpc) is 2.12. The van der Waals surface area contributed by atoms with Gasteiger partial charge in [0.15, 0.2) is 0 Å². The van der Waals surface area contributed by atoms with E-state index in [1.165, 1.54) is 30.7 Å². The van der Waals surface area contributed by atoms with Crippen LogP contribution in [0.1, 0.15) is 12.0 Å². The van der Waals surface area contributed by atoms with E-state index in [9.17, 15) is 4.39 Å². The van der Waals surface area contributed by atoms with Crippen molar-refractivity contribution in [2.24, 2.45) is 0 Å². The Morgan fingerprint density at radius 1 is 1.36 bits per heavy atom. The third kappa shape index (κ3) is 2.72. The van der Waals surface area contributed by atoms with Gasteiger partial charge in [0.1, 0.15) is 5.82 Å². The standard InChI is InChI=1S/C11H14FNS/c12-10-3-1-9(2-4-10)7-14-8-11-5-6-13-11/h1-4,11,13H,5-8H2. The molecule has 1 saturated heterocycles. The molecule has 1 aliphatic heterocycles. The Bertz CT molecular complexity index is 282. The summed E-state index contributed by atoms with van der Waals surface area (Å²) in [6.45, 7) is 1.17. The third-order valence-electron chi connectivity index (χ3n) is 2.43. The number of rotatable bonds is 4. The van der Waals surface area contributed by atoms with Crippen molar-refractivity contribution in [2.75, 3.05) is 12.3 Å². The molecule has 1 unspecified atom stereocenters. The van der Waals surface area contributed by atoms with E-state index in [2.05, 4.69) is 5.32 Å². The van der Waals surface area contributed by atoms with E-state index in [0.29, 0.717) is 6.04 Å². The van der Waals surface area contributed by atoms with E-state index in [1.807, 2.05) is 23.9 Å². The maximum absolute atomic E-state index is 12.6. The Morgan fingerprint density at radius 2 is 2.07 bits per heavy atom. The van der Waals surface area contributed by atoms with Crippen LogP contribution >= 0.6 is 11.8 Å². The summed E-state index contributed by atoms with van der Waals surface area (Å²) in [5, 5.41) is 3.36. The Balaban J connectivity index is 1.71. The van der Waals surface area contributed by atoms with Crippen LogP contribution in [0, 0.1) is 5.82 Å². The summed E-state index contributed by atoms with van der Waals surface area (Å²) in [6, 6.07) is 7.47. The highest BCUT2D eigenvalue weighted by atomic mass is 32.2. The minimum atomic E-state index is -0.153. The van der Waals surface area contributed by atoms with Crippen molar-refractivity contribution in [3.05, 3.63) is 35.6 Å². The number of hydrogen-bond donors (Lipinski definition) is 1. The molecule has 1 nitrogen and oxygen atoms in total. The molecule has 0 saturated carbocycles. The minimum Gasteiger partial charge on any atom is -0.313 e. The fourth-order valence-corrected chi connectivity index (χ4v) is 2.51. The predicted molar refractivity (Wildman–Crippen MR) is 59.0 cm³/mol. The lowest BCUT2D eigenvalue weighted by molar-refractivity contribution is 0.405. The van der Waals surface area contributed by atoms with Crippen molar-refractivity contribution in [3.8, 4) is 0 Å². The lowest BCUT2D eigenvalue weighted by Gasteiger charge is -2.27. The van der Waals surface area contributed by atoms with Gasteiger partial charge in [0, 0.05) is 17.5 Å². The Morgan fingerprint density at radius 3 is 2.64 bits per heavy atom. The van der Waals surface area contributed by atoms with Gasteiger partial charge in [-0.25, -0.2) is 4.39 Å². The highest BCUT2D eigenvalue weighted by Crippen LogP contribution is 2.16. The fourth-order valence-electron chi connectivity index (χ4n) is 1.39. The molecule has 0 bridgehead atoms. The van der Waals surface area contributed by atoms with Gasteiger partial charge >= 0.3 is 0 Å². The molecule has 1 aromatic carbocycles. The van der Waals surface area contributed by atoms with Crippen molar-refractivity contribution < 1.29 is 4.39 Å². The molecule has 0 radical (unpaired) electrons. The minimum absolute atomic E-state index is 0.153. The Labute approximate surface area is 88.1 Å². The molecule has 1 heterocycles. The monoisotopic (exact) mass is 211 g/mol. The van der Waals surface area contributed by atoms with Gasteiger partial charge in [-0.15, -0.1) is 0 Å². The zero-order chi connectivity index (χ0) is 9.80. The molecule has 1 aromatic rings. The van der Waals surface area contributed by atoms with Crippen LogP contribution in [-0.2, 0) is 5.75 Å². The van der Waals surface area contributed by atoms with Crippen LogP contribution in [0.2, 0.25) is 0 Å². The van der Waals surface area contributed by atoms with Crippen molar-refractivity contribution >= 4 is 11.8 Å². The van der Waals surface area contributed by atoms with Gasteiger partial charge in [0.25, 0.3) is 0 Å². The second kappa shape index (κ2) is 4.80. The Kier molecular flexibility index (Phi) is 3.43. The van der Waals surface area contributed by atoms with Crippen LogP contribution in [0.3, 0.4) is 0 Å². The SMILES string of the molecule is Fc1ccc(CSCC2CCN2)cc1. The summed E-state index contributed by atoms with van der Waals surface area (Å²) in [4.78, 5) is 0. The van der Waals surface area contributed by atoms with E-state index < -0.39 is 0 Å². The number of benzene rings is 1. The molecule has 3 heteroatoms. The molecule has 0 aromatic heterocycles. The van der Waals surface area contributed by atoms with Crippen molar-refractivity contribution in [1.82, 2.24) is 5.32 Å². The summed E-state index contributed by atoms with van der Waals surface area (Å²) >= 11 is 1.91. The summed E-state index contributed by atoms with van der Waals surface area (Å²) in [5.41, 5.74) is 1.20. The van der Waals surface area contributed by atoms with Gasteiger partial charge in [0.05, 0.1) is 0 Å². The van der Waals surface area contributed by atoms with Gasteiger partial charge < -0.3 is 5.32 Å². The van der Waals surface area contributed by atoms with Crippen molar-refractivity contribution in [1.29, 1.82) is 0 Å². The van der Waals surface area contributed by atoms with Crippen LogP contribution in [0.5, 0.6) is 0 Å². The molecule has 0 spiro atoms. The van der Waals surface area contributed by atoms with Crippen LogP contribution in [0.4, 0.5) is 4.39 Å². The highest BCUT2D eigenvalue weighted by molar-refractivity contribution is 7.98. The second-order valence-electron chi connectivity index (χ2n) is 3.58. The fraction of sp³-hybridized carbons (Fsp3) is 0.455. The van der Waals surface area contributed by atoms with E-state index in [-0.39, 0.29) is 5.82 Å². The molecule has 14 heavy (non-hydrogen) atoms. The molecule has 1 aliphatic rings. The van der Waals surface area contributed by atoms with Crippen LogP contribution in [-0.4, -0.2) is 18.3 Å². The normalized spacial score (nSPS) is 20.5. The summed E-state index contributed by atoms with van der Waals surface area (Å²) < 4.78 is 12.6. The van der Waals surface area contributed by atoms with E-state index >= 15 is 0 Å². The largest absolute Gasteiger partial charge is 0.313 e. The molecule has 1 atom stereocenters. The lowest BCUT2D eigenvalue weighted by Crippen LogP contribution is -2.44. The average molecular weight is 211 g/mol. The number of hydrogen-bond acceptors (Lipinski definition) is 2. The Hall–Kier alpha value is -0.540. The van der Waals surface area contributed by atoms with Crippen LogP contribution in [0.25, 0.3) is 0 Å². The molecule has 1 fully saturated rings. The number of nitrogens with one attached hydrogen (secondary N) is 1. The van der Waals surface area contributed by atoms with E-state index in [1.54, 1.807) is 0 Å². The summed E-state index contributed by atoms with van der Waals surface area (Å²) in [7, 11) is 0.